The molecule has 2 rings (SSSR count). The Morgan fingerprint density at radius 3 is 2.94 bits per heavy atom. The average molecular weight is 237 g/mol. The number of carbonyl (C=O) groups is 1. The van der Waals surface area contributed by atoms with Crippen LogP contribution in [0.3, 0.4) is 0 Å². The van der Waals surface area contributed by atoms with Crippen molar-refractivity contribution in [3.63, 3.8) is 0 Å². The topological polar surface area (TPSA) is 59.3 Å². The molecule has 0 aromatic carbocycles. The van der Waals surface area contributed by atoms with Crippen molar-refractivity contribution in [1.82, 2.24) is 0 Å². The van der Waals surface area contributed by atoms with Gasteiger partial charge in [-0.15, -0.1) is 0 Å². The second kappa shape index (κ2) is 5.05. The second-order valence-electron chi connectivity index (χ2n) is 5.00. The lowest BCUT2D eigenvalue weighted by Crippen LogP contribution is -2.47. The fourth-order valence-electron chi connectivity index (χ4n) is 2.85. The number of esters is 1. The molecular weight excluding hydrogens is 218 g/mol. The molecule has 1 saturated carbocycles. The smallest absolute Gasteiger partial charge is 0.323 e. The Labute approximate surface area is 102 Å². The highest BCUT2D eigenvalue weighted by molar-refractivity contribution is 5.75. The third kappa shape index (κ3) is 2.44. The van der Waals surface area contributed by atoms with E-state index in [1.165, 1.54) is 6.42 Å². The van der Waals surface area contributed by atoms with E-state index in [4.69, 9.17) is 14.7 Å². The molecule has 1 spiro atoms. The first-order chi connectivity index (χ1) is 8.21. The number of ether oxygens (including phenoxy) is 2. The van der Waals surface area contributed by atoms with Crippen molar-refractivity contribution in [3.8, 4) is 6.07 Å². The lowest BCUT2D eigenvalue weighted by atomic mass is 9.69. The maximum Gasteiger partial charge on any atom is 0.323 e. The van der Waals surface area contributed by atoms with Gasteiger partial charge in [0.15, 0.2) is 0 Å². The molecule has 0 aromatic rings. The van der Waals surface area contributed by atoms with Crippen LogP contribution in [0.2, 0.25) is 0 Å². The highest BCUT2D eigenvalue weighted by atomic mass is 16.5. The lowest BCUT2D eigenvalue weighted by molar-refractivity contribution is -0.162. The van der Waals surface area contributed by atoms with Crippen LogP contribution >= 0.6 is 0 Å². The molecule has 2 fully saturated rings. The molecule has 2 unspecified atom stereocenters. The number of hydrogen-bond donors (Lipinski definition) is 0. The largest absolute Gasteiger partial charge is 0.465 e. The van der Waals surface area contributed by atoms with Gasteiger partial charge in [-0.05, 0) is 44.9 Å². The van der Waals surface area contributed by atoms with Crippen molar-refractivity contribution in [2.75, 3.05) is 13.2 Å². The molecule has 0 aromatic heterocycles. The van der Waals surface area contributed by atoms with E-state index in [2.05, 4.69) is 6.07 Å². The fraction of sp³-hybridized carbons (Fsp3) is 0.846. The van der Waals surface area contributed by atoms with Gasteiger partial charge in [-0.2, -0.15) is 5.26 Å². The Balaban J connectivity index is 1.99. The van der Waals surface area contributed by atoms with Gasteiger partial charge in [-0.25, -0.2) is 0 Å². The Morgan fingerprint density at radius 2 is 2.41 bits per heavy atom. The predicted molar refractivity (Wildman–Crippen MR) is 61.0 cm³/mol. The van der Waals surface area contributed by atoms with Crippen molar-refractivity contribution < 1.29 is 14.3 Å². The minimum absolute atomic E-state index is 0.0233. The summed E-state index contributed by atoms with van der Waals surface area (Å²) in [6.07, 6.45) is 4.97. The molecule has 2 aliphatic rings. The van der Waals surface area contributed by atoms with Crippen LogP contribution in [0.4, 0.5) is 0 Å². The van der Waals surface area contributed by atoms with Crippen molar-refractivity contribution in [2.45, 2.75) is 44.6 Å². The fourth-order valence-corrected chi connectivity index (χ4v) is 2.85. The van der Waals surface area contributed by atoms with Crippen LogP contribution in [0.1, 0.15) is 39.0 Å². The molecule has 1 aliphatic carbocycles. The summed E-state index contributed by atoms with van der Waals surface area (Å²) < 4.78 is 10.8. The number of rotatable bonds is 3. The van der Waals surface area contributed by atoms with Gasteiger partial charge in [0.25, 0.3) is 0 Å². The van der Waals surface area contributed by atoms with Crippen LogP contribution in [0, 0.1) is 23.2 Å². The summed E-state index contributed by atoms with van der Waals surface area (Å²) >= 11 is 0. The second-order valence-corrected chi connectivity index (χ2v) is 5.00. The molecule has 0 amide bonds. The van der Waals surface area contributed by atoms with Gasteiger partial charge in [0.1, 0.15) is 5.92 Å². The van der Waals surface area contributed by atoms with E-state index in [-0.39, 0.29) is 17.5 Å². The molecule has 2 atom stereocenters. The van der Waals surface area contributed by atoms with Crippen molar-refractivity contribution >= 4 is 5.97 Å². The van der Waals surface area contributed by atoms with Gasteiger partial charge < -0.3 is 9.47 Å². The maximum absolute atomic E-state index is 11.7. The van der Waals surface area contributed by atoms with E-state index in [0.29, 0.717) is 13.2 Å². The van der Waals surface area contributed by atoms with E-state index in [0.717, 1.165) is 25.7 Å². The molecule has 1 aliphatic heterocycles. The van der Waals surface area contributed by atoms with Crippen LogP contribution in [0.25, 0.3) is 0 Å². The number of nitriles is 1. The van der Waals surface area contributed by atoms with Crippen molar-refractivity contribution in [1.29, 1.82) is 5.26 Å². The Kier molecular flexibility index (Phi) is 3.68. The van der Waals surface area contributed by atoms with Crippen LogP contribution in [0.15, 0.2) is 0 Å². The first-order valence-electron chi connectivity index (χ1n) is 6.41. The lowest BCUT2D eigenvalue weighted by Gasteiger charge is -2.47. The minimum atomic E-state index is -0.615. The summed E-state index contributed by atoms with van der Waals surface area (Å²) in [6, 6.07) is 2.11. The summed E-state index contributed by atoms with van der Waals surface area (Å²) in [5.41, 5.74) is -0.0233. The van der Waals surface area contributed by atoms with E-state index in [9.17, 15) is 4.79 Å². The van der Waals surface area contributed by atoms with Gasteiger partial charge in [0.2, 0.25) is 0 Å². The Bertz CT molecular complexity index is 330. The first-order valence-corrected chi connectivity index (χ1v) is 6.41. The zero-order valence-electron chi connectivity index (χ0n) is 10.3. The van der Waals surface area contributed by atoms with Crippen molar-refractivity contribution in [3.05, 3.63) is 0 Å². The zero-order valence-corrected chi connectivity index (χ0v) is 10.3. The molecule has 17 heavy (non-hydrogen) atoms. The van der Waals surface area contributed by atoms with Crippen molar-refractivity contribution in [2.24, 2.45) is 11.8 Å². The van der Waals surface area contributed by atoms with E-state index < -0.39 is 5.92 Å². The van der Waals surface area contributed by atoms with Crippen LogP contribution < -0.4 is 0 Å². The molecular formula is C13H19NO3. The third-order valence-electron chi connectivity index (χ3n) is 3.95. The summed E-state index contributed by atoms with van der Waals surface area (Å²) in [7, 11) is 0. The standard InChI is InChI=1S/C13H19NO3/c1-2-16-12(15)11(9-14)10-4-7-17-13(8-10)5-3-6-13/h10-11H,2-8H2,1H3. The molecule has 1 heterocycles. The van der Waals surface area contributed by atoms with Gasteiger partial charge in [-0.3, -0.25) is 4.79 Å². The minimum Gasteiger partial charge on any atom is -0.465 e. The number of carbonyl (C=O) groups excluding carboxylic acids is 1. The summed E-state index contributed by atoms with van der Waals surface area (Å²) in [5.74, 6) is -0.874. The summed E-state index contributed by atoms with van der Waals surface area (Å²) in [6.45, 7) is 2.78. The highest BCUT2D eigenvalue weighted by Gasteiger charge is 2.46. The molecule has 0 N–H and O–H groups in total. The molecule has 0 radical (unpaired) electrons. The molecule has 4 heteroatoms. The normalized spacial score (nSPS) is 27.9. The predicted octanol–water partition coefficient (Wildman–Crippen LogP) is 2.04. The van der Waals surface area contributed by atoms with E-state index in [1.807, 2.05) is 0 Å². The van der Waals surface area contributed by atoms with Gasteiger partial charge in [-0.1, -0.05) is 0 Å². The third-order valence-corrected chi connectivity index (χ3v) is 3.95. The van der Waals surface area contributed by atoms with Crippen LogP contribution in [-0.4, -0.2) is 24.8 Å². The summed E-state index contributed by atoms with van der Waals surface area (Å²) in [4.78, 5) is 11.7. The molecule has 1 saturated heterocycles. The highest BCUT2D eigenvalue weighted by Crippen LogP contribution is 2.46. The van der Waals surface area contributed by atoms with Gasteiger partial charge >= 0.3 is 5.97 Å². The molecule has 0 bridgehead atoms. The van der Waals surface area contributed by atoms with Crippen LogP contribution in [-0.2, 0) is 14.3 Å². The maximum atomic E-state index is 11.7. The van der Waals surface area contributed by atoms with E-state index >= 15 is 0 Å². The quantitative estimate of drug-likeness (QED) is 0.705. The average Bonchev–Trinajstić information content (AvgIpc) is 2.29. The molecule has 94 valence electrons. The van der Waals surface area contributed by atoms with Gasteiger partial charge in [0, 0.05) is 6.61 Å². The SMILES string of the molecule is CCOC(=O)C(C#N)C1CCOC2(CCC2)C1. The Morgan fingerprint density at radius 1 is 1.65 bits per heavy atom. The van der Waals surface area contributed by atoms with E-state index in [1.54, 1.807) is 6.92 Å². The first kappa shape index (κ1) is 12.4. The van der Waals surface area contributed by atoms with Crippen LogP contribution in [0.5, 0.6) is 0 Å². The van der Waals surface area contributed by atoms with Gasteiger partial charge in [0.05, 0.1) is 18.3 Å². The Hall–Kier alpha value is -1.08. The monoisotopic (exact) mass is 237 g/mol. The zero-order chi connectivity index (χ0) is 12.3. The number of hydrogen-bond acceptors (Lipinski definition) is 4. The summed E-state index contributed by atoms with van der Waals surface area (Å²) in [5, 5.41) is 9.14. The number of nitrogens with zero attached hydrogens (tertiary/aromatic N) is 1. The molecule has 4 nitrogen and oxygen atoms in total.